The van der Waals surface area contributed by atoms with Crippen molar-refractivity contribution in [3.63, 3.8) is 0 Å². The van der Waals surface area contributed by atoms with Gasteiger partial charge in [-0.15, -0.1) is 0 Å². The summed E-state index contributed by atoms with van der Waals surface area (Å²) in [4.78, 5) is 25.8. The van der Waals surface area contributed by atoms with Crippen molar-refractivity contribution in [2.75, 3.05) is 20.1 Å². The van der Waals surface area contributed by atoms with Crippen molar-refractivity contribution in [1.82, 2.24) is 9.88 Å². The molecule has 0 amide bonds. The third-order valence-corrected chi connectivity index (χ3v) is 2.67. The first-order chi connectivity index (χ1) is 8.54. The largest absolute Gasteiger partial charge is 0.480 e. The molecule has 0 atom stereocenters. The number of hydrogen-bond acceptors (Lipinski definition) is 4. The minimum atomic E-state index is -0.843. The molecule has 6 nitrogen and oxygen atoms in total. The summed E-state index contributed by atoms with van der Waals surface area (Å²) < 4.78 is 4.96. The van der Waals surface area contributed by atoms with Gasteiger partial charge < -0.3 is 9.52 Å². The number of nitrogens with zero attached hydrogens (tertiary/aromatic N) is 1. The highest BCUT2D eigenvalue weighted by Gasteiger charge is 2.06. The Labute approximate surface area is 103 Å². The Morgan fingerprint density at radius 3 is 3.00 bits per heavy atom. The zero-order valence-corrected chi connectivity index (χ0v) is 9.97. The molecule has 0 saturated carbocycles. The molecule has 0 radical (unpaired) electrons. The van der Waals surface area contributed by atoms with Gasteiger partial charge in [0.25, 0.3) is 0 Å². The number of carbonyl (C=O) groups is 1. The number of benzene rings is 1. The van der Waals surface area contributed by atoms with E-state index < -0.39 is 11.7 Å². The molecule has 2 N–H and O–H groups in total. The van der Waals surface area contributed by atoms with Crippen molar-refractivity contribution in [2.45, 2.75) is 6.42 Å². The van der Waals surface area contributed by atoms with Crippen LogP contribution in [0.4, 0.5) is 0 Å². The lowest BCUT2D eigenvalue weighted by molar-refractivity contribution is -0.137. The average molecular weight is 250 g/mol. The van der Waals surface area contributed by atoms with Gasteiger partial charge >= 0.3 is 11.7 Å². The van der Waals surface area contributed by atoms with Crippen LogP contribution < -0.4 is 5.76 Å². The van der Waals surface area contributed by atoms with E-state index in [1.165, 1.54) is 0 Å². The molecular formula is C12H14N2O4. The first-order valence-electron chi connectivity index (χ1n) is 5.56. The van der Waals surface area contributed by atoms with Crippen LogP contribution in [0.1, 0.15) is 5.56 Å². The van der Waals surface area contributed by atoms with Crippen LogP contribution >= 0.6 is 0 Å². The van der Waals surface area contributed by atoms with Gasteiger partial charge in [-0.3, -0.25) is 14.7 Å². The van der Waals surface area contributed by atoms with Crippen LogP contribution in [0.2, 0.25) is 0 Å². The van der Waals surface area contributed by atoms with Gasteiger partial charge in [0, 0.05) is 6.54 Å². The average Bonchev–Trinajstić information content (AvgIpc) is 2.64. The molecule has 0 saturated heterocycles. The molecule has 6 heteroatoms. The fraction of sp³-hybridized carbons (Fsp3) is 0.333. The molecule has 0 fully saturated rings. The van der Waals surface area contributed by atoms with E-state index in [0.717, 1.165) is 5.56 Å². The third kappa shape index (κ3) is 2.98. The topological polar surface area (TPSA) is 86.5 Å². The minimum Gasteiger partial charge on any atom is -0.480 e. The summed E-state index contributed by atoms with van der Waals surface area (Å²) >= 11 is 0. The number of oxazole rings is 1. The fourth-order valence-corrected chi connectivity index (χ4v) is 1.78. The molecule has 96 valence electrons. The fourth-order valence-electron chi connectivity index (χ4n) is 1.78. The van der Waals surface area contributed by atoms with Crippen LogP contribution in [0.3, 0.4) is 0 Å². The molecule has 1 heterocycles. The van der Waals surface area contributed by atoms with E-state index in [1.807, 2.05) is 6.07 Å². The van der Waals surface area contributed by atoms with E-state index in [-0.39, 0.29) is 6.54 Å². The molecule has 2 rings (SSSR count). The van der Waals surface area contributed by atoms with Crippen molar-refractivity contribution in [2.24, 2.45) is 0 Å². The van der Waals surface area contributed by atoms with E-state index in [0.29, 0.717) is 24.1 Å². The van der Waals surface area contributed by atoms with Crippen molar-refractivity contribution >= 4 is 17.1 Å². The highest BCUT2D eigenvalue weighted by Crippen LogP contribution is 2.12. The van der Waals surface area contributed by atoms with E-state index >= 15 is 0 Å². The summed E-state index contributed by atoms with van der Waals surface area (Å²) in [6.45, 7) is 0.647. The summed E-state index contributed by atoms with van der Waals surface area (Å²) in [5, 5.41) is 8.63. The minimum absolute atomic E-state index is 0.0154. The lowest BCUT2D eigenvalue weighted by atomic mass is 10.1. The van der Waals surface area contributed by atoms with Crippen LogP contribution in [-0.2, 0) is 11.2 Å². The maximum Gasteiger partial charge on any atom is 0.417 e. The van der Waals surface area contributed by atoms with Crippen molar-refractivity contribution in [3.05, 3.63) is 34.3 Å². The predicted molar refractivity (Wildman–Crippen MR) is 65.7 cm³/mol. The molecule has 0 aliphatic heterocycles. The van der Waals surface area contributed by atoms with Crippen molar-refractivity contribution < 1.29 is 14.3 Å². The van der Waals surface area contributed by atoms with Crippen molar-refractivity contribution in [1.29, 1.82) is 0 Å². The third-order valence-electron chi connectivity index (χ3n) is 2.67. The van der Waals surface area contributed by atoms with E-state index in [2.05, 4.69) is 4.98 Å². The van der Waals surface area contributed by atoms with Gasteiger partial charge in [-0.2, -0.15) is 0 Å². The number of carboxylic acid groups (broad SMARTS) is 1. The normalized spacial score (nSPS) is 11.2. The van der Waals surface area contributed by atoms with E-state index in [4.69, 9.17) is 9.52 Å². The lowest BCUT2D eigenvalue weighted by Crippen LogP contribution is -2.27. The highest BCUT2D eigenvalue weighted by molar-refractivity contribution is 5.72. The maximum atomic E-state index is 11.0. The monoisotopic (exact) mass is 250 g/mol. The summed E-state index contributed by atoms with van der Waals surface area (Å²) in [7, 11) is 1.75. The lowest BCUT2D eigenvalue weighted by Gasteiger charge is -2.13. The number of hydrogen-bond donors (Lipinski definition) is 2. The molecule has 18 heavy (non-hydrogen) atoms. The van der Waals surface area contributed by atoms with Crippen LogP contribution in [0.25, 0.3) is 11.1 Å². The SMILES string of the molecule is CN(CCc1ccc2[nH]c(=O)oc2c1)CC(=O)O. The Balaban J connectivity index is 2.03. The van der Waals surface area contributed by atoms with E-state index in [9.17, 15) is 9.59 Å². The summed E-state index contributed by atoms with van der Waals surface area (Å²) in [5.41, 5.74) is 2.20. The zero-order chi connectivity index (χ0) is 13.1. The van der Waals surface area contributed by atoms with E-state index in [1.54, 1.807) is 24.1 Å². The predicted octanol–water partition coefficient (Wildman–Crippen LogP) is 0.680. The van der Waals surface area contributed by atoms with Gasteiger partial charge in [0.15, 0.2) is 5.58 Å². The van der Waals surface area contributed by atoms with Crippen molar-refractivity contribution in [3.8, 4) is 0 Å². The number of rotatable bonds is 5. The number of likely N-dealkylation sites (N-methyl/N-ethyl adjacent to an activating group) is 1. The Morgan fingerprint density at radius 2 is 2.28 bits per heavy atom. The van der Waals surface area contributed by atoms with Crippen LogP contribution in [0.15, 0.2) is 27.4 Å². The number of aromatic nitrogens is 1. The number of aromatic amines is 1. The highest BCUT2D eigenvalue weighted by atomic mass is 16.4. The Morgan fingerprint density at radius 1 is 1.50 bits per heavy atom. The van der Waals surface area contributed by atoms with Gasteiger partial charge in [0.1, 0.15) is 0 Å². The first-order valence-corrected chi connectivity index (χ1v) is 5.56. The molecule has 0 aliphatic rings. The van der Waals surface area contributed by atoms with Gasteiger partial charge in [-0.05, 0) is 31.2 Å². The van der Waals surface area contributed by atoms with Gasteiger partial charge in [-0.1, -0.05) is 6.07 Å². The Hall–Kier alpha value is -2.08. The standard InChI is InChI=1S/C12H14N2O4/c1-14(7-11(15)16)5-4-8-2-3-9-10(6-8)18-12(17)13-9/h2-3,6H,4-5,7H2,1H3,(H,13,17)(H,15,16). The first kappa shape index (κ1) is 12.4. The molecular weight excluding hydrogens is 236 g/mol. The second-order valence-corrected chi connectivity index (χ2v) is 4.23. The molecule has 0 aliphatic carbocycles. The van der Waals surface area contributed by atoms with Crippen LogP contribution in [-0.4, -0.2) is 41.1 Å². The summed E-state index contributed by atoms with van der Waals surface area (Å²) in [6, 6.07) is 5.47. The number of nitrogens with one attached hydrogen (secondary N) is 1. The van der Waals surface area contributed by atoms with Crippen LogP contribution in [0.5, 0.6) is 0 Å². The summed E-state index contributed by atoms with van der Waals surface area (Å²) in [5.74, 6) is -1.31. The molecule has 2 aromatic rings. The molecule has 0 spiro atoms. The zero-order valence-electron chi connectivity index (χ0n) is 9.97. The van der Waals surface area contributed by atoms with Crippen LogP contribution in [0, 0.1) is 0 Å². The Kier molecular flexibility index (Phi) is 3.47. The smallest absolute Gasteiger partial charge is 0.417 e. The van der Waals surface area contributed by atoms with Gasteiger partial charge in [-0.25, -0.2) is 4.79 Å². The molecule has 1 aromatic carbocycles. The second kappa shape index (κ2) is 5.05. The molecule has 0 unspecified atom stereocenters. The quantitative estimate of drug-likeness (QED) is 0.814. The maximum absolute atomic E-state index is 11.0. The number of carboxylic acids is 1. The number of fused-ring (bicyclic) bond motifs is 1. The second-order valence-electron chi connectivity index (χ2n) is 4.23. The van der Waals surface area contributed by atoms with Gasteiger partial charge in [0.2, 0.25) is 0 Å². The molecule has 0 bridgehead atoms. The number of aliphatic carboxylic acids is 1. The van der Waals surface area contributed by atoms with Gasteiger partial charge in [0.05, 0.1) is 12.1 Å². The number of H-pyrrole nitrogens is 1. The Bertz CT molecular complexity index is 614. The molecule has 1 aromatic heterocycles. The summed E-state index contributed by atoms with van der Waals surface area (Å²) in [6.07, 6.45) is 0.703.